The molecule has 0 fully saturated rings. The molecule has 0 spiro atoms. The number of carbonyl (C=O) groups excluding carboxylic acids is 1. The Bertz CT molecular complexity index is 603. The number of nitrogens with one attached hydrogen (secondary N) is 1. The number of benzene rings is 2. The molecule has 0 unspecified atom stereocenters. The van der Waals surface area contributed by atoms with E-state index in [-0.39, 0.29) is 12.5 Å². The van der Waals surface area contributed by atoms with Crippen LogP contribution in [-0.4, -0.2) is 18.7 Å². The summed E-state index contributed by atoms with van der Waals surface area (Å²) >= 11 is 0. The third kappa shape index (κ3) is 3.82. The van der Waals surface area contributed by atoms with Gasteiger partial charge in [-0.15, -0.1) is 0 Å². The monoisotopic (exact) mass is 270 g/mol. The zero-order chi connectivity index (χ0) is 14.2. The van der Waals surface area contributed by atoms with Gasteiger partial charge in [-0.2, -0.15) is 5.10 Å². The van der Waals surface area contributed by atoms with E-state index in [0.717, 1.165) is 23.6 Å². The van der Waals surface area contributed by atoms with Gasteiger partial charge in [0, 0.05) is 11.6 Å². The molecule has 0 aliphatic heterocycles. The third-order valence-corrected chi connectivity index (χ3v) is 2.81. The summed E-state index contributed by atoms with van der Waals surface area (Å²) in [5, 5.41) is 5.92. The van der Waals surface area contributed by atoms with Crippen LogP contribution in [0.1, 0.15) is 19.8 Å². The molecule has 2 rings (SSSR count). The molecule has 0 aliphatic carbocycles. The number of hydrazone groups is 1. The van der Waals surface area contributed by atoms with E-state index in [1.807, 2.05) is 42.5 Å². The zero-order valence-corrected chi connectivity index (χ0v) is 11.5. The van der Waals surface area contributed by atoms with Crippen LogP contribution < -0.4 is 10.2 Å². The Morgan fingerprint density at radius 1 is 1.25 bits per heavy atom. The van der Waals surface area contributed by atoms with Gasteiger partial charge in [0.2, 0.25) is 0 Å². The normalized spacial score (nSPS) is 10.8. The average molecular weight is 270 g/mol. The van der Waals surface area contributed by atoms with Gasteiger partial charge in [0.15, 0.2) is 6.61 Å². The summed E-state index contributed by atoms with van der Waals surface area (Å²) < 4.78 is 5.55. The van der Waals surface area contributed by atoms with E-state index in [0.29, 0.717) is 5.75 Å². The predicted octanol–water partition coefficient (Wildman–Crippen LogP) is 3.12. The highest BCUT2D eigenvalue weighted by Crippen LogP contribution is 2.24. The van der Waals surface area contributed by atoms with Crippen LogP contribution >= 0.6 is 0 Å². The lowest BCUT2D eigenvalue weighted by Gasteiger charge is -2.08. The van der Waals surface area contributed by atoms with E-state index < -0.39 is 0 Å². The Morgan fingerprint density at radius 3 is 2.90 bits per heavy atom. The van der Waals surface area contributed by atoms with Crippen molar-refractivity contribution in [2.45, 2.75) is 19.8 Å². The van der Waals surface area contributed by atoms with Gasteiger partial charge >= 0.3 is 0 Å². The second-order valence-electron chi connectivity index (χ2n) is 4.40. The van der Waals surface area contributed by atoms with Crippen LogP contribution in [0.5, 0.6) is 5.75 Å². The van der Waals surface area contributed by atoms with E-state index >= 15 is 0 Å². The summed E-state index contributed by atoms with van der Waals surface area (Å²) in [6.07, 6.45) is 3.55. The SMILES string of the molecule is CCC/C=N\NC(=O)COc1cccc2ccccc12. The van der Waals surface area contributed by atoms with Crippen LogP contribution in [0.15, 0.2) is 47.6 Å². The van der Waals surface area contributed by atoms with Crippen molar-refractivity contribution in [3.63, 3.8) is 0 Å². The van der Waals surface area contributed by atoms with Gasteiger partial charge < -0.3 is 4.74 Å². The lowest BCUT2D eigenvalue weighted by molar-refractivity contribution is -0.123. The Labute approximate surface area is 118 Å². The van der Waals surface area contributed by atoms with E-state index in [1.165, 1.54) is 0 Å². The topological polar surface area (TPSA) is 50.7 Å². The lowest BCUT2D eigenvalue weighted by atomic mass is 10.1. The molecule has 2 aromatic rings. The number of rotatable bonds is 6. The van der Waals surface area contributed by atoms with E-state index in [1.54, 1.807) is 6.21 Å². The van der Waals surface area contributed by atoms with Crippen LogP contribution in [0.4, 0.5) is 0 Å². The largest absolute Gasteiger partial charge is 0.483 e. The standard InChI is InChI=1S/C16H18N2O2/c1-2-3-11-17-18-16(19)12-20-15-10-6-8-13-7-4-5-9-14(13)15/h4-11H,2-3,12H2,1H3,(H,18,19)/b17-11-. The number of carbonyl (C=O) groups is 1. The molecular formula is C16H18N2O2. The van der Waals surface area contributed by atoms with E-state index in [9.17, 15) is 4.79 Å². The summed E-state index contributed by atoms with van der Waals surface area (Å²) in [5.41, 5.74) is 2.44. The van der Waals surface area contributed by atoms with Gasteiger partial charge in [0.05, 0.1) is 0 Å². The van der Waals surface area contributed by atoms with Crippen LogP contribution in [0.2, 0.25) is 0 Å². The van der Waals surface area contributed by atoms with Gasteiger partial charge in [0.25, 0.3) is 5.91 Å². The minimum Gasteiger partial charge on any atom is -0.483 e. The molecule has 0 saturated carbocycles. The van der Waals surface area contributed by atoms with E-state index in [2.05, 4.69) is 17.5 Å². The van der Waals surface area contributed by atoms with Gasteiger partial charge in [-0.25, -0.2) is 5.43 Å². The molecular weight excluding hydrogens is 252 g/mol. The Morgan fingerprint density at radius 2 is 2.05 bits per heavy atom. The number of nitrogens with zero attached hydrogens (tertiary/aromatic N) is 1. The Kier molecular flexibility index (Phi) is 5.12. The molecule has 20 heavy (non-hydrogen) atoms. The predicted molar refractivity (Wildman–Crippen MR) is 81.0 cm³/mol. The first-order valence-electron chi connectivity index (χ1n) is 6.72. The molecule has 1 N–H and O–H groups in total. The molecule has 0 aromatic heterocycles. The summed E-state index contributed by atoms with van der Waals surface area (Å²) in [4.78, 5) is 11.6. The van der Waals surface area contributed by atoms with Gasteiger partial charge in [-0.1, -0.05) is 49.7 Å². The fraction of sp³-hybridized carbons (Fsp3) is 0.250. The maximum absolute atomic E-state index is 11.6. The van der Waals surface area contributed by atoms with Crippen molar-refractivity contribution in [3.05, 3.63) is 42.5 Å². The summed E-state index contributed by atoms with van der Waals surface area (Å²) in [5.74, 6) is 0.445. The first-order valence-corrected chi connectivity index (χ1v) is 6.72. The third-order valence-electron chi connectivity index (χ3n) is 2.81. The van der Waals surface area contributed by atoms with Gasteiger partial charge in [-0.05, 0) is 17.9 Å². The summed E-state index contributed by atoms with van der Waals surface area (Å²) in [7, 11) is 0. The number of unbranched alkanes of at least 4 members (excludes halogenated alkanes) is 1. The van der Waals surface area contributed by atoms with Crippen molar-refractivity contribution < 1.29 is 9.53 Å². The van der Waals surface area contributed by atoms with Crippen LogP contribution in [0.25, 0.3) is 10.8 Å². The lowest BCUT2D eigenvalue weighted by Crippen LogP contribution is -2.24. The zero-order valence-electron chi connectivity index (χ0n) is 11.5. The minimum atomic E-state index is -0.259. The van der Waals surface area contributed by atoms with Crippen LogP contribution in [0, 0.1) is 0 Å². The van der Waals surface area contributed by atoms with E-state index in [4.69, 9.17) is 4.74 Å². The molecule has 1 amide bonds. The average Bonchev–Trinajstić information content (AvgIpc) is 2.49. The maximum atomic E-state index is 11.6. The number of hydrogen-bond acceptors (Lipinski definition) is 3. The molecule has 0 heterocycles. The van der Waals surface area contributed by atoms with Crippen molar-refractivity contribution in [2.75, 3.05) is 6.61 Å². The molecule has 4 heteroatoms. The molecule has 104 valence electrons. The molecule has 2 aromatic carbocycles. The molecule has 4 nitrogen and oxygen atoms in total. The van der Waals surface area contributed by atoms with Crippen LogP contribution in [0.3, 0.4) is 0 Å². The fourth-order valence-corrected chi connectivity index (χ4v) is 1.81. The second-order valence-corrected chi connectivity index (χ2v) is 4.40. The minimum absolute atomic E-state index is 0.0442. The number of fused-ring (bicyclic) bond motifs is 1. The molecule has 0 saturated heterocycles. The number of ether oxygens (including phenoxy) is 1. The highest BCUT2D eigenvalue weighted by Gasteiger charge is 2.04. The Hall–Kier alpha value is -2.36. The van der Waals surface area contributed by atoms with Crippen molar-refractivity contribution >= 4 is 22.9 Å². The van der Waals surface area contributed by atoms with Crippen molar-refractivity contribution in [1.82, 2.24) is 5.43 Å². The highest BCUT2D eigenvalue weighted by atomic mass is 16.5. The molecule has 0 radical (unpaired) electrons. The highest BCUT2D eigenvalue weighted by molar-refractivity contribution is 5.88. The van der Waals surface area contributed by atoms with Crippen molar-refractivity contribution in [2.24, 2.45) is 5.10 Å². The number of hydrogen-bond donors (Lipinski definition) is 1. The first kappa shape index (κ1) is 14.1. The molecule has 0 bridgehead atoms. The number of amides is 1. The second kappa shape index (κ2) is 7.28. The van der Waals surface area contributed by atoms with Crippen LogP contribution in [-0.2, 0) is 4.79 Å². The van der Waals surface area contributed by atoms with Crippen molar-refractivity contribution in [1.29, 1.82) is 0 Å². The fourth-order valence-electron chi connectivity index (χ4n) is 1.81. The maximum Gasteiger partial charge on any atom is 0.277 e. The van der Waals surface area contributed by atoms with Crippen molar-refractivity contribution in [3.8, 4) is 5.75 Å². The first-order chi connectivity index (χ1) is 9.81. The van der Waals surface area contributed by atoms with Gasteiger partial charge in [0.1, 0.15) is 5.75 Å². The quantitative estimate of drug-likeness (QED) is 0.647. The molecule has 0 atom stereocenters. The summed E-state index contributed by atoms with van der Waals surface area (Å²) in [6.45, 7) is 2.01. The smallest absolute Gasteiger partial charge is 0.277 e. The molecule has 0 aliphatic rings. The summed E-state index contributed by atoms with van der Waals surface area (Å²) in [6, 6.07) is 13.7. The van der Waals surface area contributed by atoms with Gasteiger partial charge in [-0.3, -0.25) is 4.79 Å². The Balaban J connectivity index is 1.94.